The molecule has 2 N–H and O–H groups in total. The predicted octanol–water partition coefficient (Wildman–Crippen LogP) is 1.18. The maximum atomic E-state index is 11.8. The fourth-order valence-corrected chi connectivity index (χ4v) is 1.71. The van der Waals surface area contributed by atoms with E-state index in [1.54, 1.807) is 12.1 Å². The van der Waals surface area contributed by atoms with Gasteiger partial charge in [-0.25, -0.2) is 19.3 Å². The van der Waals surface area contributed by atoms with Crippen LogP contribution < -0.4 is 5.69 Å². The largest absolute Gasteiger partial charge is 0.478 e. The van der Waals surface area contributed by atoms with E-state index in [0.29, 0.717) is 11.5 Å². The van der Waals surface area contributed by atoms with Gasteiger partial charge in [-0.1, -0.05) is 6.07 Å². The van der Waals surface area contributed by atoms with Crippen molar-refractivity contribution in [1.82, 2.24) is 14.8 Å². The maximum Gasteiger partial charge on any atom is 0.348 e. The Morgan fingerprint density at radius 3 is 2.90 bits per heavy atom. The van der Waals surface area contributed by atoms with E-state index in [1.807, 2.05) is 13.8 Å². The minimum atomic E-state index is -1.05. The summed E-state index contributed by atoms with van der Waals surface area (Å²) in [4.78, 5) is 22.8. The number of H-pyrrole nitrogens is 1. The molecule has 7 heteroatoms. The lowest BCUT2D eigenvalue weighted by molar-refractivity contribution is 0.0603. The number of carboxylic acid groups (broad SMARTS) is 1. The fraction of sp³-hybridized carbons (Fsp3) is 0.308. The van der Waals surface area contributed by atoms with Crippen molar-refractivity contribution in [3.05, 3.63) is 46.1 Å². The molecule has 0 aliphatic heterocycles. The van der Waals surface area contributed by atoms with Gasteiger partial charge in [-0.2, -0.15) is 5.10 Å². The highest BCUT2D eigenvalue weighted by Gasteiger charge is 2.13. The number of aromatic nitrogens is 3. The van der Waals surface area contributed by atoms with Gasteiger partial charge in [-0.05, 0) is 32.0 Å². The summed E-state index contributed by atoms with van der Waals surface area (Å²) in [5.41, 5.74) is 0.104. The van der Waals surface area contributed by atoms with Crippen LogP contribution in [0.3, 0.4) is 0 Å². The van der Waals surface area contributed by atoms with Crippen LogP contribution in [0.5, 0.6) is 0 Å². The topological polar surface area (TPSA) is 97.2 Å². The first-order chi connectivity index (χ1) is 9.49. The van der Waals surface area contributed by atoms with Gasteiger partial charge in [0.25, 0.3) is 0 Å². The molecule has 1 aromatic carbocycles. The molecule has 2 aromatic rings. The molecule has 20 heavy (non-hydrogen) atoms. The molecule has 0 saturated heterocycles. The van der Waals surface area contributed by atoms with Crippen molar-refractivity contribution in [3.8, 4) is 5.69 Å². The van der Waals surface area contributed by atoms with Gasteiger partial charge in [-0.15, -0.1) is 0 Å². The van der Waals surface area contributed by atoms with Gasteiger partial charge < -0.3 is 9.84 Å². The van der Waals surface area contributed by atoms with Crippen LogP contribution in [-0.4, -0.2) is 31.9 Å². The number of carbonyl (C=O) groups is 1. The van der Waals surface area contributed by atoms with Crippen LogP contribution in [0.1, 0.15) is 30.0 Å². The second kappa shape index (κ2) is 5.70. The van der Waals surface area contributed by atoms with Crippen molar-refractivity contribution in [3.63, 3.8) is 0 Å². The molecule has 0 bridgehead atoms. The Morgan fingerprint density at radius 1 is 1.50 bits per heavy atom. The van der Waals surface area contributed by atoms with E-state index in [4.69, 9.17) is 9.84 Å². The highest BCUT2D eigenvalue weighted by molar-refractivity contribution is 5.88. The lowest BCUT2D eigenvalue weighted by Gasteiger charge is -2.09. The molecular weight excluding hydrogens is 262 g/mol. The number of hydrogen-bond acceptors (Lipinski definition) is 4. The molecule has 1 aromatic heterocycles. The monoisotopic (exact) mass is 277 g/mol. The number of nitrogens with zero attached hydrogens (tertiary/aromatic N) is 2. The van der Waals surface area contributed by atoms with Crippen LogP contribution in [0.15, 0.2) is 29.1 Å². The van der Waals surface area contributed by atoms with Crippen molar-refractivity contribution in [2.24, 2.45) is 0 Å². The molecular formula is C13H15N3O4. The van der Waals surface area contributed by atoms with Crippen LogP contribution in [0, 0.1) is 0 Å². The van der Waals surface area contributed by atoms with Crippen LogP contribution in [-0.2, 0) is 11.3 Å². The Hall–Kier alpha value is -2.41. The standard InChI is InChI=1S/C13H15N3O4/c1-8(2)20-7-11-14-15-13(19)16(11)10-5-3-4-9(6-10)12(17)18/h3-6,8H,7H2,1-2H3,(H,15,19)(H,17,18). The summed E-state index contributed by atoms with van der Waals surface area (Å²) in [5.74, 6) is -0.658. The van der Waals surface area contributed by atoms with E-state index in [1.165, 1.54) is 16.7 Å². The van der Waals surface area contributed by atoms with Crippen LogP contribution in [0.2, 0.25) is 0 Å². The number of aromatic amines is 1. The lowest BCUT2D eigenvalue weighted by atomic mass is 10.2. The van der Waals surface area contributed by atoms with Crippen molar-refractivity contribution in [2.75, 3.05) is 0 Å². The Bertz CT molecular complexity index is 672. The summed E-state index contributed by atoms with van der Waals surface area (Å²) < 4.78 is 6.72. The number of ether oxygens (including phenoxy) is 1. The zero-order valence-electron chi connectivity index (χ0n) is 11.2. The van der Waals surface area contributed by atoms with Crippen molar-refractivity contribution >= 4 is 5.97 Å². The summed E-state index contributed by atoms with van der Waals surface area (Å²) in [6.07, 6.45) is 0.000561. The third kappa shape index (κ3) is 2.94. The van der Waals surface area contributed by atoms with Crippen molar-refractivity contribution in [1.29, 1.82) is 0 Å². The fourth-order valence-electron chi connectivity index (χ4n) is 1.71. The van der Waals surface area contributed by atoms with E-state index in [-0.39, 0.29) is 18.3 Å². The average Bonchev–Trinajstić information content (AvgIpc) is 2.77. The average molecular weight is 277 g/mol. The van der Waals surface area contributed by atoms with Gasteiger partial charge in [0.15, 0.2) is 5.82 Å². The van der Waals surface area contributed by atoms with Crippen molar-refractivity contribution < 1.29 is 14.6 Å². The Kier molecular flexibility index (Phi) is 3.99. The molecule has 0 fully saturated rings. The molecule has 0 unspecified atom stereocenters. The Labute approximate surface area is 114 Å². The molecule has 0 amide bonds. The van der Waals surface area contributed by atoms with Gasteiger partial charge in [0.2, 0.25) is 0 Å². The molecule has 0 aliphatic carbocycles. The number of carboxylic acids is 1. The maximum absolute atomic E-state index is 11.8. The quantitative estimate of drug-likeness (QED) is 0.855. The van der Waals surface area contributed by atoms with Crippen LogP contribution in [0.25, 0.3) is 5.69 Å². The molecule has 0 spiro atoms. The number of rotatable bonds is 5. The molecule has 0 atom stereocenters. The summed E-state index contributed by atoms with van der Waals surface area (Å²) in [5, 5.41) is 15.2. The molecule has 0 saturated carbocycles. The van der Waals surface area contributed by atoms with E-state index in [2.05, 4.69) is 10.2 Å². The SMILES string of the molecule is CC(C)OCc1n[nH]c(=O)n1-c1cccc(C(=O)O)c1. The number of aromatic carboxylic acids is 1. The zero-order valence-corrected chi connectivity index (χ0v) is 11.2. The first-order valence-corrected chi connectivity index (χ1v) is 6.10. The molecule has 1 heterocycles. The summed E-state index contributed by atoms with van der Waals surface area (Å²) in [6.45, 7) is 3.91. The van der Waals surface area contributed by atoms with Crippen LogP contribution in [0.4, 0.5) is 0 Å². The minimum absolute atomic E-state index is 0.000561. The summed E-state index contributed by atoms with van der Waals surface area (Å²) >= 11 is 0. The minimum Gasteiger partial charge on any atom is -0.478 e. The summed E-state index contributed by atoms with van der Waals surface area (Å²) in [7, 11) is 0. The second-order valence-corrected chi connectivity index (χ2v) is 4.50. The van der Waals surface area contributed by atoms with Gasteiger partial charge in [0.05, 0.1) is 17.4 Å². The highest BCUT2D eigenvalue weighted by atomic mass is 16.5. The molecule has 2 rings (SSSR count). The van der Waals surface area contributed by atoms with Gasteiger partial charge in [-0.3, -0.25) is 0 Å². The molecule has 0 aliphatic rings. The third-order valence-electron chi connectivity index (χ3n) is 2.64. The normalized spacial score (nSPS) is 10.9. The lowest BCUT2D eigenvalue weighted by Crippen LogP contribution is -2.18. The Morgan fingerprint density at radius 2 is 2.25 bits per heavy atom. The smallest absolute Gasteiger partial charge is 0.348 e. The van der Waals surface area contributed by atoms with Crippen LogP contribution >= 0.6 is 0 Å². The van der Waals surface area contributed by atoms with Gasteiger partial charge in [0.1, 0.15) is 6.61 Å². The van der Waals surface area contributed by atoms with Gasteiger partial charge >= 0.3 is 11.7 Å². The zero-order chi connectivity index (χ0) is 14.7. The van der Waals surface area contributed by atoms with E-state index in [0.717, 1.165) is 0 Å². The first kappa shape index (κ1) is 14.0. The molecule has 7 nitrogen and oxygen atoms in total. The van der Waals surface area contributed by atoms with E-state index in [9.17, 15) is 9.59 Å². The number of hydrogen-bond donors (Lipinski definition) is 2. The van der Waals surface area contributed by atoms with E-state index < -0.39 is 11.7 Å². The predicted molar refractivity (Wildman–Crippen MR) is 71.1 cm³/mol. The third-order valence-corrected chi connectivity index (χ3v) is 2.64. The van der Waals surface area contributed by atoms with E-state index >= 15 is 0 Å². The summed E-state index contributed by atoms with van der Waals surface area (Å²) in [6, 6.07) is 6.09. The van der Waals surface area contributed by atoms with Gasteiger partial charge in [0, 0.05) is 0 Å². The highest BCUT2D eigenvalue weighted by Crippen LogP contribution is 2.11. The van der Waals surface area contributed by atoms with Crippen molar-refractivity contribution in [2.45, 2.75) is 26.6 Å². The number of benzene rings is 1. The second-order valence-electron chi connectivity index (χ2n) is 4.50. The number of nitrogens with one attached hydrogen (secondary N) is 1. The molecule has 0 radical (unpaired) electrons. The Balaban J connectivity index is 2.41. The molecule has 106 valence electrons. The first-order valence-electron chi connectivity index (χ1n) is 6.10.